The van der Waals surface area contributed by atoms with Gasteiger partial charge in [0, 0.05) is 60.3 Å². The molecule has 0 unspecified atom stereocenters. The molecule has 9 nitrogen and oxygen atoms in total. The van der Waals surface area contributed by atoms with Crippen molar-refractivity contribution in [2.24, 2.45) is 0 Å². The average Bonchev–Trinajstić information content (AvgIpc) is 2.89. The highest BCUT2D eigenvalue weighted by molar-refractivity contribution is 7.80. The van der Waals surface area contributed by atoms with Gasteiger partial charge in [-0.3, -0.25) is 25.0 Å². The van der Waals surface area contributed by atoms with Crippen LogP contribution in [0, 0.1) is 24.0 Å². The van der Waals surface area contributed by atoms with E-state index in [-0.39, 0.29) is 27.8 Å². The summed E-state index contributed by atoms with van der Waals surface area (Å²) in [6.07, 6.45) is 0. The summed E-state index contributed by atoms with van der Waals surface area (Å²) in [6.45, 7) is 6.20. The minimum atomic E-state index is -0.522. The van der Waals surface area contributed by atoms with Crippen LogP contribution in [0.3, 0.4) is 0 Å². The molecule has 3 aromatic carbocycles. The first-order chi connectivity index (χ1) is 17.7. The van der Waals surface area contributed by atoms with Crippen LogP contribution in [0.4, 0.5) is 17.1 Å². The van der Waals surface area contributed by atoms with Gasteiger partial charge in [-0.1, -0.05) is 24.3 Å². The molecule has 0 spiro atoms. The second-order valence-corrected chi connectivity index (χ2v) is 9.16. The highest BCUT2D eigenvalue weighted by Gasteiger charge is 2.23. The first-order valence-corrected chi connectivity index (χ1v) is 12.2. The normalized spacial score (nSPS) is 13.1. The molecule has 10 heteroatoms. The monoisotopic (exact) mass is 517 g/mol. The van der Waals surface area contributed by atoms with Gasteiger partial charge >= 0.3 is 0 Å². The van der Waals surface area contributed by atoms with E-state index in [1.165, 1.54) is 25.1 Å². The van der Waals surface area contributed by atoms with E-state index in [1.807, 2.05) is 60.4 Å². The Kier molecular flexibility index (Phi) is 7.78. The molecule has 190 valence electrons. The van der Waals surface area contributed by atoms with Crippen molar-refractivity contribution in [3.8, 4) is 0 Å². The fraction of sp³-hybridized carbons (Fsp3) is 0.222. The molecule has 0 radical (unpaired) electrons. The van der Waals surface area contributed by atoms with Crippen LogP contribution in [-0.4, -0.2) is 52.9 Å². The van der Waals surface area contributed by atoms with Crippen molar-refractivity contribution in [1.29, 1.82) is 0 Å². The van der Waals surface area contributed by atoms with Crippen LogP contribution < -0.4 is 15.5 Å². The number of carbonyl (C=O) groups is 2. The van der Waals surface area contributed by atoms with Crippen molar-refractivity contribution in [1.82, 2.24) is 10.2 Å². The lowest BCUT2D eigenvalue weighted by molar-refractivity contribution is -0.385. The number of aryl methyl sites for hydroxylation is 1. The standard InChI is InChI=1S/C27H27N5O4S/c1-18-6-3-4-7-22(18)26(34)31-16-14-30(15-17-31)21-12-10-20(11-13-21)28-27(37)29-25(33)23-8-5-9-24(19(23)2)32(35)36/h3-13H,14-17H2,1-2H3,(H2,28,29,33,37). The van der Waals surface area contributed by atoms with E-state index >= 15 is 0 Å². The van der Waals surface area contributed by atoms with Crippen molar-refractivity contribution in [3.05, 3.63) is 99.1 Å². The van der Waals surface area contributed by atoms with Crippen LogP contribution in [0.2, 0.25) is 0 Å². The van der Waals surface area contributed by atoms with Gasteiger partial charge in [-0.05, 0) is 68.0 Å². The first kappa shape index (κ1) is 25.8. The van der Waals surface area contributed by atoms with Gasteiger partial charge in [0.05, 0.1) is 4.92 Å². The van der Waals surface area contributed by atoms with Crippen molar-refractivity contribution >= 4 is 46.2 Å². The zero-order chi connectivity index (χ0) is 26.5. The summed E-state index contributed by atoms with van der Waals surface area (Å²) >= 11 is 5.26. The molecule has 1 fully saturated rings. The fourth-order valence-electron chi connectivity index (χ4n) is 4.31. The van der Waals surface area contributed by atoms with Crippen LogP contribution >= 0.6 is 12.2 Å². The fourth-order valence-corrected chi connectivity index (χ4v) is 4.52. The summed E-state index contributed by atoms with van der Waals surface area (Å²) in [7, 11) is 0. The minimum absolute atomic E-state index is 0.0631. The molecule has 1 aliphatic heterocycles. The smallest absolute Gasteiger partial charge is 0.273 e. The molecule has 1 saturated heterocycles. The van der Waals surface area contributed by atoms with Crippen molar-refractivity contribution < 1.29 is 14.5 Å². The van der Waals surface area contributed by atoms with Crippen LogP contribution in [-0.2, 0) is 0 Å². The van der Waals surface area contributed by atoms with E-state index in [9.17, 15) is 19.7 Å². The number of hydrogen-bond donors (Lipinski definition) is 2. The highest BCUT2D eigenvalue weighted by atomic mass is 32.1. The highest BCUT2D eigenvalue weighted by Crippen LogP contribution is 2.22. The number of carbonyl (C=O) groups excluding carboxylic acids is 2. The Balaban J connectivity index is 1.31. The van der Waals surface area contributed by atoms with Gasteiger partial charge in [0.15, 0.2) is 5.11 Å². The van der Waals surface area contributed by atoms with E-state index in [0.717, 1.165) is 29.9 Å². The van der Waals surface area contributed by atoms with Gasteiger partial charge < -0.3 is 15.1 Å². The van der Waals surface area contributed by atoms with E-state index < -0.39 is 10.8 Å². The molecule has 4 rings (SSSR count). The maximum atomic E-state index is 12.9. The van der Waals surface area contributed by atoms with Gasteiger partial charge in [0.25, 0.3) is 17.5 Å². The number of benzene rings is 3. The molecule has 2 N–H and O–H groups in total. The maximum Gasteiger partial charge on any atom is 0.273 e. The summed E-state index contributed by atoms with van der Waals surface area (Å²) in [6, 6.07) is 19.6. The van der Waals surface area contributed by atoms with Crippen LogP contribution in [0.5, 0.6) is 0 Å². The zero-order valence-corrected chi connectivity index (χ0v) is 21.4. The number of amides is 2. The van der Waals surface area contributed by atoms with Gasteiger partial charge in [-0.2, -0.15) is 0 Å². The number of nitro benzene ring substituents is 1. The Morgan fingerprint density at radius 1 is 0.892 bits per heavy atom. The minimum Gasteiger partial charge on any atom is -0.368 e. The summed E-state index contributed by atoms with van der Waals surface area (Å²) in [4.78, 5) is 40.2. The Labute approximate surface area is 220 Å². The number of nitro groups is 1. The number of nitrogens with zero attached hydrogens (tertiary/aromatic N) is 3. The third-order valence-corrected chi connectivity index (χ3v) is 6.61. The van der Waals surface area contributed by atoms with E-state index in [1.54, 1.807) is 0 Å². The van der Waals surface area contributed by atoms with E-state index in [0.29, 0.717) is 18.8 Å². The quantitative estimate of drug-likeness (QED) is 0.295. The Morgan fingerprint density at radius 2 is 1.54 bits per heavy atom. The van der Waals surface area contributed by atoms with Gasteiger partial charge in [0.1, 0.15) is 0 Å². The summed E-state index contributed by atoms with van der Waals surface area (Å²) < 4.78 is 0. The molecule has 0 bridgehead atoms. The number of piperazine rings is 1. The SMILES string of the molecule is Cc1ccccc1C(=O)N1CCN(c2ccc(NC(=S)NC(=O)c3cccc([N+](=O)[O-])c3C)cc2)CC1. The second-order valence-electron chi connectivity index (χ2n) is 8.76. The molecular formula is C27H27N5O4S. The summed E-state index contributed by atoms with van der Waals surface area (Å²) in [5.41, 5.74) is 3.78. The van der Waals surface area contributed by atoms with Crippen LogP contribution in [0.1, 0.15) is 31.8 Å². The Morgan fingerprint density at radius 3 is 2.19 bits per heavy atom. The topological polar surface area (TPSA) is 108 Å². The molecule has 1 aliphatic rings. The first-order valence-electron chi connectivity index (χ1n) is 11.8. The van der Waals surface area contributed by atoms with E-state index in [4.69, 9.17) is 12.2 Å². The summed E-state index contributed by atoms with van der Waals surface area (Å²) in [5.74, 6) is -0.457. The molecule has 2 amide bonds. The van der Waals surface area contributed by atoms with Gasteiger partial charge in [-0.15, -0.1) is 0 Å². The number of nitrogens with one attached hydrogen (secondary N) is 2. The molecule has 0 atom stereocenters. The zero-order valence-electron chi connectivity index (χ0n) is 20.6. The van der Waals surface area contributed by atoms with Crippen molar-refractivity contribution in [2.75, 3.05) is 36.4 Å². The molecule has 0 saturated carbocycles. The van der Waals surface area contributed by atoms with Crippen LogP contribution in [0.15, 0.2) is 66.7 Å². The predicted octanol–water partition coefficient (Wildman–Crippen LogP) is 4.30. The number of thiocarbonyl (C=S) groups is 1. The third-order valence-electron chi connectivity index (χ3n) is 6.41. The van der Waals surface area contributed by atoms with Crippen molar-refractivity contribution in [2.45, 2.75) is 13.8 Å². The number of rotatable bonds is 5. The molecule has 0 aromatic heterocycles. The number of anilines is 2. The lowest BCUT2D eigenvalue weighted by Crippen LogP contribution is -2.48. The largest absolute Gasteiger partial charge is 0.368 e. The maximum absolute atomic E-state index is 12.9. The third kappa shape index (κ3) is 5.92. The second kappa shape index (κ2) is 11.2. The van der Waals surface area contributed by atoms with Gasteiger partial charge in [0.2, 0.25) is 0 Å². The molecule has 1 heterocycles. The molecular weight excluding hydrogens is 490 g/mol. The lowest BCUT2D eigenvalue weighted by Gasteiger charge is -2.36. The van der Waals surface area contributed by atoms with Gasteiger partial charge in [-0.25, -0.2) is 0 Å². The average molecular weight is 518 g/mol. The van der Waals surface area contributed by atoms with E-state index in [2.05, 4.69) is 15.5 Å². The Bertz CT molecular complexity index is 1350. The molecule has 3 aromatic rings. The predicted molar refractivity (Wildman–Crippen MR) is 147 cm³/mol. The molecule has 0 aliphatic carbocycles. The summed E-state index contributed by atoms with van der Waals surface area (Å²) in [5, 5.41) is 16.8. The lowest BCUT2D eigenvalue weighted by atomic mass is 10.1. The Hall–Kier alpha value is -4.31. The number of hydrogen-bond acceptors (Lipinski definition) is 6. The van der Waals surface area contributed by atoms with Crippen LogP contribution in [0.25, 0.3) is 0 Å². The molecule has 37 heavy (non-hydrogen) atoms. The van der Waals surface area contributed by atoms with Crippen molar-refractivity contribution in [3.63, 3.8) is 0 Å².